The van der Waals surface area contributed by atoms with E-state index in [1.165, 1.54) is 5.56 Å². The molecule has 0 bridgehead atoms. The van der Waals surface area contributed by atoms with E-state index in [-0.39, 0.29) is 23.1 Å². The number of benzene rings is 1. The Morgan fingerprint density at radius 3 is 2.56 bits per heavy atom. The molecule has 1 aliphatic carbocycles. The zero-order chi connectivity index (χ0) is 17.3. The van der Waals surface area contributed by atoms with Crippen LogP contribution >= 0.6 is 0 Å². The summed E-state index contributed by atoms with van der Waals surface area (Å²) < 4.78 is 0. The van der Waals surface area contributed by atoms with Crippen molar-refractivity contribution in [2.45, 2.75) is 32.1 Å². The van der Waals surface area contributed by atoms with E-state index in [2.05, 4.69) is 24.3 Å². The Hall–Kier alpha value is -2.10. The summed E-state index contributed by atoms with van der Waals surface area (Å²) in [4.78, 5) is 29.6. The first-order valence-electron chi connectivity index (χ1n) is 9.45. The maximum Gasteiger partial charge on any atom is 0.230 e. The molecule has 1 aromatic rings. The molecule has 1 unspecified atom stereocenters. The van der Waals surface area contributed by atoms with Crippen LogP contribution in [0, 0.1) is 11.3 Å². The molecule has 4 heteroatoms. The molecule has 1 aromatic carbocycles. The molecular formula is C21H26N2O2. The van der Waals surface area contributed by atoms with E-state index in [1.807, 2.05) is 28.0 Å². The summed E-state index contributed by atoms with van der Waals surface area (Å²) in [6.07, 6.45) is 8.55. The summed E-state index contributed by atoms with van der Waals surface area (Å²) >= 11 is 0. The maximum absolute atomic E-state index is 13.0. The monoisotopic (exact) mass is 338 g/mol. The van der Waals surface area contributed by atoms with Gasteiger partial charge in [0.15, 0.2) is 0 Å². The van der Waals surface area contributed by atoms with Crippen molar-refractivity contribution in [2.24, 2.45) is 11.3 Å². The molecule has 2 amide bonds. The van der Waals surface area contributed by atoms with Crippen LogP contribution in [0.25, 0.3) is 0 Å². The number of nitrogens with zero attached hydrogens (tertiary/aromatic N) is 2. The third kappa shape index (κ3) is 3.10. The van der Waals surface area contributed by atoms with Gasteiger partial charge >= 0.3 is 0 Å². The lowest BCUT2D eigenvalue weighted by Crippen LogP contribution is -2.40. The molecule has 132 valence electrons. The molecule has 4 rings (SSSR count). The van der Waals surface area contributed by atoms with Crippen LogP contribution in [-0.2, 0) is 16.0 Å². The number of carbonyl (C=O) groups is 2. The molecule has 3 aliphatic rings. The average Bonchev–Trinajstić information content (AvgIpc) is 3.38. The van der Waals surface area contributed by atoms with Crippen LogP contribution in [0.4, 0.5) is 0 Å². The van der Waals surface area contributed by atoms with E-state index in [4.69, 9.17) is 0 Å². The van der Waals surface area contributed by atoms with Gasteiger partial charge in [-0.25, -0.2) is 0 Å². The number of carbonyl (C=O) groups excluding carboxylic acids is 2. The molecule has 0 N–H and O–H groups in total. The molecular weight excluding hydrogens is 312 g/mol. The molecule has 2 saturated heterocycles. The topological polar surface area (TPSA) is 40.6 Å². The molecule has 1 atom stereocenters. The number of hydrogen-bond acceptors (Lipinski definition) is 2. The third-order valence-electron chi connectivity index (χ3n) is 6.14. The van der Waals surface area contributed by atoms with Gasteiger partial charge in [0.2, 0.25) is 11.8 Å². The fraction of sp³-hybridized carbons (Fsp3) is 0.524. The first-order valence-corrected chi connectivity index (χ1v) is 9.45. The Bertz CT molecular complexity index is 676. The molecule has 0 aromatic heterocycles. The van der Waals surface area contributed by atoms with Gasteiger partial charge in [0, 0.05) is 32.1 Å². The van der Waals surface area contributed by atoms with E-state index in [0.717, 1.165) is 51.7 Å². The first-order chi connectivity index (χ1) is 12.2. The minimum atomic E-state index is -0.307. The zero-order valence-corrected chi connectivity index (χ0v) is 14.7. The van der Waals surface area contributed by atoms with E-state index >= 15 is 0 Å². The smallest absolute Gasteiger partial charge is 0.230 e. The third-order valence-corrected chi connectivity index (χ3v) is 6.14. The standard InChI is InChI=1S/C21H26N2O2/c24-19(18-8-4-5-9-18)23-15-12-21(16-23)11-14-22(20(21)25)13-10-17-6-2-1-3-7-17/h1-7,18H,8-16H2. The van der Waals surface area contributed by atoms with Crippen LogP contribution in [-0.4, -0.2) is 47.8 Å². The number of amides is 2. The van der Waals surface area contributed by atoms with Crippen LogP contribution in [0.5, 0.6) is 0 Å². The van der Waals surface area contributed by atoms with Crippen LogP contribution in [0.15, 0.2) is 42.5 Å². The number of rotatable bonds is 4. The molecule has 0 radical (unpaired) electrons. The van der Waals surface area contributed by atoms with Crippen molar-refractivity contribution in [1.82, 2.24) is 9.80 Å². The van der Waals surface area contributed by atoms with Gasteiger partial charge in [0.25, 0.3) is 0 Å². The summed E-state index contributed by atoms with van der Waals surface area (Å²) in [6, 6.07) is 10.3. The molecule has 2 heterocycles. The van der Waals surface area contributed by atoms with Crippen LogP contribution in [0.2, 0.25) is 0 Å². The zero-order valence-electron chi connectivity index (χ0n) is 14.7. The quantitative estimate of drug-likeness (QED) is 0.792. The normalized spacial score (nSPS) is 26.3. The van der Waals surface area contributed by atoms with Crippen molar-refractivity contribution >= 4 is 11.8 Å². The second-order valence-corrected chi connectivity index (χ2v) is 7.71. The summed E-state index contributed by atoms with van der Waals surface area (Å²) in [5.74, 6) is 0.626. The first kappa shape index (κ1) is 16.4. The van der Waals surface area contributed by atoms with E-state index in [1.54, 1.807) is 0 Å². The number of allylic oxidation sites excluding steroid dienone is 2. The van der Waals surface area contributed by atoms with Gasteiger partial charge in [-0.15, -0.1) is 0 Å². The van der Waals surface area contributed by atoms with Crippen LogP contribution in [0.1, 0.15) is 31.2 Å². The number of hydrogen-bond donors (Lipinski definition) is 0. The Kier molecular flexibility index (Phi) is 4.36. The van der Waals surface area contributed by atoms with Gasteiger partial charge in [-0.2, -0.15) is 0 Å². The molecule has 2 fully saturated rings. The SMILES string of the molecule is O=C(C1CC=CC1)N1CCC2(CCN(CCc3ccccc3)C2=O)C1. The largest absolute Gasteiger partial charge is 0.342 e. The van der Waals surface area contributed by atoms with Crippen molar-refractivity contribution < 1.29 is 9.59 Å². The Balaban J connectivity index is 1.35. The molecule has 2 aliphatic heterocycles. The van der Waals surface area contributed by atoms with Crippen molar-refractivity contribution in [3.63, 3.8) is 0 Å². The lowest BCUT2D eigenvalue weighted by molar-refractivity contribution is -0.137. The second kappa shape index (κ2) is 6.66. The maximum atomic E-state index is 13.0. The van der Waals surface area contributed by atoms with Gasteiger partial charge in [0.1, 0.15) is 0 Å². The van der Waals surface area contributed by atoms with Crippen molar-refractivity contribution in [1.29, 1.82) is 0 Å². The summed E-state index contributed by atoms with van der Waals surface area (Å²) in [6.45, 7) is 2.99. The molecule has 1 spiro atoms. The lowest BCUT2D eigenvalue weighted by atomic mass is 9.85. The summed E-state index contributed by atoms with van der Waals surface area (Å²) in [5, 5.41) is 0. The van der Waals surface area contributed by atoms with Crippen molar-refractivity contribution in [3.8, 4) is 0 Å². The average molecular weight is 338 g/mol. The Labute approximate surface area is 149 Å². The molecule has 0 saturated carbocycles. The minimum absolute atomic E-state index is 0.112. The minimum Gasteiger partial charge on any atom is -0.342 e. The van der Waals surface area contributed by atoms with Gasteiger partial charge < -0.3 is 9.80 Å². The molecule has 25 heavy (non-hydrogen) atoms. The Morgan fingerprint density at radius 2 is 1.80 bits per heavy atom. The van der Waals surface area contributed by atoms with Gasteiger partial charge in [-0.3, -0.25) is 9.59 Å². The van der Waals surface area contributed by atoms with Crippen molar-refractivity contribution in [2.75, 3.05) is 26.2 Å². The van der Waals surface area contributed by atoms with E-state index in [9.17, 15) is 9.59 Å². The highest BCUT2D eigenvalue weighted by atomic mass is 16.2. The second-order valence-electron chi connectivity index (χ2n) is 7.71. The number of likely N-dealkylation sites (tertiary alicyclic amines) is 2. The van der Waals surface area contributed by atoms with Gasteiger partial charge in [-0.05, 0) is 37.7 Å². The van der Waals surface area contributed by atoms with Crippen molar-refractivity contribution in [3.05, 3.63) is 48.0 Å². The predicted molar refractivity (Wildman–Crippen MR) is 96.8 cm³/mol. The van der Waals surface area contributed by atoms with Gasteiger partial charge in [-0.1, -0.05) is 42.5 Å². The fourth-order valence-corrected chi connectivity index (χ4v) is 4.53. The fourth-order valence-electron chi connectivity index (χ4n) is 4.53. The highest BCUT2D eigenvalue weighted by Gasteiger charge is 2.51. The summed E-state index contributed by atoms with van der Waals surface area (Å²) in [7, 11) is 0. The Morgan fingerprint density at radius 1 is 1.08 bits per heavy atom. The lowest BCUT2D eigenvalue weighted by Gasteiger charge is -2.25. The predicted octanol–water partition coefficient (Wildman–Crippen LogP) is 2.65. The van der Waals surface area contributed by atoms with E-state index < -0.39 is 0 Å². The highest BCUT2D eigenvalue weighted by molar-refractivity contribution is 5.87. The van der Waals surface area contributed by atoms with Gasteiger partial charge in [0.05, 0.1) is 5.41 Å². The summed E-state index contributed by atoms with van der Waals surface area (Å²) in [5.41, 5.74) is 0.964. The van der Waals surface area contributed by atoms with E-state index in [0.29, 0.717) is 6.54 Å². The molecule has 4 nitrogen and oxygen atoms in total. The van der Waals surface area contributed by atoms with Crippen LogP contribution < -0.4 is 0 Å². The van der Waals surface area contributed by atoms with Crippen LogP contribution in [0.3, 0.4) is 0 Å². The highest BCUT2D eigenvalue weighted by Crippen LogP contribution is 2.41.